The number of carbonyl (C=O) groups is 2. The molecule has 0 saturated carbocycles. The summed E-state index contributed by atoms with van der Waals surface area (Å²) in [7, 11) is 0. The van der Waals surface area contributed by atoms with Crippen molar-refractivity contribution >= 4 is 39.7 Å². The fraction of sp³-hybridized carbons (Fsp3) is 0.556. The van der Waals surface area contributed by atoms with Crippen LogP contribution in [0.3, 0.4) is 0 Å². The Morgan fingerprint density at radius 3 is 2.36 bits per heavy atom. The molecule has 2 aliphatic heterocycles. The van der Waals surface area contributed by atoms with Crippen molar-refractivity contribution in [2.75, 3.05) is 41.3 Å². The van der Waals surface area contributed by atoms with Crippen molar-refractivity contribution in [1.82, 2.24) is 15.3 Å². The molecule has 2 aliphatic rings. The number of piperazine rings is 1. The number of nitrogens with zero attached hydrogens (tertiary/aromatic N) is 4. The molecule has 4 heterocycles. The highest BCUT2D eigenvalue weighted by Gasteiger charge is 2.31. The zero-order valence-corrected chi connectivity index (χ0v) is 29.7. The molecule has 0 atom stereocenters. The molecule has 1 saturated heterocycles. The normalized spacial score (nSPS) is 13.6. The van der Waals surface area contributed by atoms with E-state index in [0.29, 0.717) is 23.1 Å². The average Bonchev–Trinajstić information content (AvgIpc) is 3.69. The smallest absolute Gasteiger partial charge is 0.275 e. The molecule has 1 aromatic carbocycles. The Bertz CT molecular complexity index is 1300. The van der Waals surface area contributed by atoms with Gasteiger partial charge in [0.25, 0.3) is 11.8 Å². The van der Waals surface area contributed by atoms with Crippen LogP contribution in [0.1, 0.15) is 119 Å². The highest BCUT2D eigenvalue weighted by atomic mass is 32.1. The van der Waals surface area contributed by atoms with Gasteiger partial charge in [-0.2, -0.15) is 0 Å². The van der Waals surface area contributed by atoms with Crippen LogP contribution in [-0.2, 0) is 13.0 Å². The Labute approximate surface area is 276 Å². The lowest BCUT2D eigenvalue weighted by molar-refractivity contribution is 0.0991. The largest absolute Gasteiger partial charge is 0.367 e. The lowest BCUT2D eigenvalue weighted by Crippen LogP contribution is -2.43. The molecular weight excluding hydrogens is 581 g/mol. The molecule has 0 bridgehead atoms. The van der Waals surface area contributed by atoms with Crippen LogP contribution in [0.15, 0.2) is 42.0 Å². The Balaban J connectivity index is 0.000000509. The monoisotopic (exact) mass is 636 g/mol. The second-order valence-corrected chi connectivity index (χ2v) is 11.8. The van der Waals surface area contributed by atoms with Gasteiger partial charge in [-0.05, 0) is 35.6 Å². The summed E-state index contributed by atoms with van der Waals surface area (Å²) in [6.07, 6.45) is 10.9. The Morgan fingerprint density at radius 2 is 1.71 bits per heavy atom. The highest BCUT2D eigenvalue weighted by molar-refractivity contribution is 7.14. The Hall–Kier alpha value is -3.30. The lowest BCUT2D eigenvalue weighted by atomic mass is 10.0. The van der Waals surface area contributed by atoms with Gasteiger partial charge in [0, 0.05) is 43.3 Å². The van der Waals surface area contributed by atoms with Gasteiger partial charge in [0.2, 0.25) is 0 Å². The maximum Gasteiger partial charge on any atom is 0.275 e. The third-order valence-electron chi connectivity index (χ3n) is 7.54. The van der Waals surface area contributed by atoms with Crippen LogP contribution < -0.4 is 20.4 Å². The summed E-state index contributed by atoms with van der Waals surface area (Å²) >= 11 is 1.31. The molecule has 0 aliphatic carbocycles. The highest BCUT2D eigenvalue weighted by Crippen LogP contribution is 2.32. The van der Waals surface area contributed by atoms with Gasteiger partial charge in [0.15, 0.2) is 5.13 Å². The summed E-state index contributed by atoms with van der Waals surface area (Å²) in [5, 5.41) is 8.52. The summed E-state index contributed by atoms with van der Waals surface area (Å²) in [4.78, 5) is 38.5. The SMILES string of the molecule is CC.CC.CCCC(C)CCC.CCCc1ccc2c(c1)C(=O)N(c1nc(C(=O)Nc3cnccc3N3CCNCC3)cs1)C2. The molecule has 2 N–H and O–H groups in total. The van der Waals surface area contributed by atoms with E-state index in [0.717, 1.165) is 61.8 Å². The zero-order chi connectivity index (χ0) is 33.2. The van der Waals surface area contributed by atoms with E-state index >= 15 is 0 Å². The standard InChI is InChI=1S/C24H26N6O2S.C8H18.2C2H6/c1-2-3-16-4-5-17-14-30(23(32)18(17)12-16)24-28-20(15-33-24)22(31)27-19-13-26-7-6-21(19)29-10-8-25-9-11-29;1-4-6-8(3)7-5-2;2*1-2/h4-7,12-13,15,25H,2-3,8-11,14H2,1H3,(H,27,31);8H,4-7H2,1-3H3;2*1-2H3. The molecule has 1 fully saturated rings. The van der Waals surface area contributed by atoms with E-state index in [1.807, 2.05) is 45.9 Å². The molecule has 5 rings (SSSR count). The third kappa shape index (κ3) is 10.9. The molecule has 8 nitrogen and oxygen atoms in total. The minimum Gasteiger partial charge on any atom is -0.367 e. The van der Waals surface area contributed by atoms with Crippen LogP contribution >= 0.6 is 11.3 Å². The molecule has 2 aromatic heterocycles. The van der Waals surface area contributed by atoms with Crippen molar-refractivity contribution in [2.24, 2.45) is 5.92 Å². The van der Waals surface area contributed by atoms with Gasteiger partial charge in [-0.25, -0.2) is 4.98 Å². The number of aryl methyl sites for hydroxylation is 1. The first kappa shape index (κ1) is 37.9. The number of benzene rings is 1. The fourth-order valence-corrected chi connectivity index (χ4v) is 6.22. The number of fused-ring (bicyclic) bond motifs is 1. The third-order valence-corrected chi connectivity index (χ3v) is 8.40. The Kier molecular flexibility index (Phi) is 17.4. The number of amides is 2. The molecule has 0 spiro atoms. The summed E-state index contributed by atoms with van der Waals surface area (Å²) in [6.45, 7) is 21.0. The number of pyridine rings is 1. The van der Waals surface area contributed by atoms with Gasteiger partial charge in [0.05, 0.1) is 24.1 Å². The molecule has 9 heteroatoms. The van der Waals surface area contributed by atoms with Gasteiger partial charge in [0.1, 0.15) is 5.69 Å². The first-order valence-corrected chi connectivity index (χ1v) is 17.9. The van der Waals surface area contributed by atoms with Gasteiger partial charge in [-0.1, -0.05) is 99.6 Å². The van der Waals surface area contributed by atoms with E-state index in [4.69, 9.17) is 0 Å². The lowest BCUT2D eigenvalue weighted by Gasteiger charge is -2.30. The van der Waals surface area contributed by atoms with Gasteiger partial charge in [-0.15, -0.1) is 11.3 Å². The molecule has 45 heavy (non-hydrogen) atoms. The number of rotatable bonds is 10. The number of thiazole rings is 1. The fourth-order valence-electron chi connectivity index (χ4n) is 5.42. The summed E-state index contributed by atoms with van der Waals surface area (Å²) < 4.78 is 0. The number of nitrogens with one attached hydrogen (secondary N) is 2. The number of hydrogen-bond donors (Lipinski definition) is 2. The van der Waals surface area contributed by atoms with Gasteiger partial charge < -0.3 is 15.5 Å². The Morgan fingerprint density at radius 1 is 1.02 bits per heavy atom. The van der Waals surface area contributed by atoms with Crippen molar-refractivity contribution < 1.29 is 9.59 Å². The maximum atomic E-state index is 13.0. The molecule has 0 radical (unpaired) electrons. The van der Waals surface area contributed by atoms with Crippen LogP contribution in [-0.4, -0.2) is 48.0 Å². The predicted octanol–water partition coefficient (Wildman–Crippen LogP) is 8.59. The van der Waals surface area contributed by atoms with Crippen LogP contribution in [0.25, 0.3) is 0 Å². The molecule has 2 amide bonds. The quantitative estimate of drug-likeness (QED) is 0.232. The second-order valence-electron chi connectivity index (χ2n) is 10.9. The first-order chi connectivity index (χ1) is 21.9. The minimum absolute atomic E-state index is 0.0579. The van der Waals surface area contributed by atoms with Crippen molar-refractivity contribution in [3.05, 3.63) is 64.4 Å². The number of aromatic nitrogens is 2. The number of anilines is 3. The van der Waals surface area contributed by atoms with Crippen LogP contribution in [0.2, 0.25) is 0 Å². The maximum absolute atomic E-state index is 13.0. The van der Waals surface area contributed by atoms with Gasteiger partial charge >= 0.3 is 0 Å². The van der Waals surface area contributed by atoms with Gasteiger partial charge in [-0.3, -0.25) is 19.5 Å². The number of hydrogen-bond acceptors (Lipinski definition) is 7. The van der Waals surface area contributed by atoms with Crippen molar-refractivity contribution in [1.29, 1.82) is 0 Å². The summed E-state index contributed by atoms with van der Waals surface area (Å²) in [5.41, 5.74) is 4.80. The summed E-state index contributed by atoms with van der Waals surface area (Å²) in [5.74, 6) is 0.596. The van der Waals surface area contributed by atoms with Crippen molar-refractivity contribution in [3.63, 3.8) is 0 Å². The molecule has 248 valence electrons. The van der Waals surface area contributed by atoms with E-state index in [9.17, 15) is 9.59 Å². The van der Waals surface area contributed by atoms with E-state index in [-0.39, 0.29) is 11.8 Å². The molecule has 3 aromatic rings. The van der Waals surface area contributed by atoms with Crippen molar-refractivity contribution in [3.8, 4) is 0 Å². The average molecular weight is 637 g/mol. The summed E-state index contributed by atoms with van der Waals surface area (Å²) in [6, 6.07) is 8.02. The second kappa shape index (κ2) is 20.7. The van der Waals surface area contributed by atoms with E-state index in [2.05, 4.69) is 59.3 Å². The van der Waals surface area contributed by atoms with Crippen LogP contribution in [0, 0.1) is 5.92 Å². The van der Waals surface area contributed by atoms with E-state index in [1.54, 1.807) is 22.7 Å². The zero-order valence-electron chi connectivity index (χ0n) is 28.9. The predicted molar refractivity (Wildman–Crippen MR) is 192 cm³/mol. The van der Waals surface area contributed by atoms with Crippen LogP contribution in [0.4, 0.5) is 16.5 Å². The molecule has 0 unspecified atom stereocenters. The number of carbonyl (C=O) groups excluding carboxylic acids is 2. The molecular formula is C36H56N6O2S. The minimum atomic E-state index is -0.309. The van der Waals surface area contributed by atoms with E-state index in [1.165, 1.54) is 42.6 Å². The topological polar surface area (TPSA) is 90.5 Å². The van der Waals surface area contributed by atoms with E-state index < -0.39 is 0 Å². The first-order valence-electron chi connectivity index (χ1n) is 17.0. The van der Waals surface area contributed by atoms with Crippen molar-refractivity contribution in [2.45, 2.75) is 100 Å². The van der Waals surface area contributed by atoms with Crippen LogP contribution in [0.5, 0.6) is 0 Å².